The Bertz CT molecular complexity index is 226. The third kappa shape index (κ3) is 2.27. The standard InChI is InChI=1S/C7H5O2.Y/c1-5-4-6(8)2-3-7(5)9;/h2-3H,1H3;/q-1;. The second-order valence-corrected chi connectivity index (χ2v) is 1.81. The first-order chi connectivity index (χ1) is 4.20. The van der Waals surface area contributed by atoms with E-state index in [-0.39, 0.29) is 44.3 Å². The first kappa shape index (κ1) is 9.92. The first-order valence-electron chi connectivity index (χ1n) is 2.57. The number of allylic oxidation sites excluding steroid dienone is 4. The normalized spacial score (nSPS) is 16.3. The summed E-state index contributed by atoms with van der Waals surface area (Å²) in [6.45, 7) is 1.57. The Morgan fingerprint density at radius 3 is 2.30 bits per heavy atom. The van der Waals surface area contributed by atoms with Crippen molar-refractivity contribution < 1.29 is 42.3 Å². The maximum Gasteiger partial charge on any atom is 0.0679 e. The Balaban J connectivity index is 0.000000810. The van der Waals surface area contributed by atoms with Crippen molar-refractivity contribution in [1.29, 1.82) is 0 Å². The first-order valence-corrected chi connectivity index (χ1v) is 2.57. The summed E-state index contributed by atoms with van der Waals surface area (Å²) in [5.41, 5.74) is 0.391. The molecule has 0 aliphatic heterocycles. The van der Waals surface area contributed by atoms with Crippen LogP contribution in [0.25, 0.3) is 0 Å². The van der Waals surface area contributed by atoms with Gasteiger partial charge in [-0.3, -0.25) is 0 Å². The Labute approximate surface area is 84.3 Å². The van der Waals surface area contributed by atoms with E-state index in [4.69, 9.17) is 0 Å². The van der Waals surface area contributed by atoms with E-state index < -0.39 is 0 Å². The molecule has 10 heavy (non-hydrogen) atoms. The Kier molecular flexibility index (Phi) is 3.91. The van der Waals surface area contributed by atoms with Crippen LogP contribution in [0.2, 0.25) is 0 Å². The third-order valence-corrected chi connectivity index (χ3v) is 1.07. The third-order valence-electron chi connectivity index (χ3n) is 1.07. The molecule has 0 atom stereocenters. The van der Waals surface area contributed by atoms with Gasteiger partial charge in [0.2, 0.25) is 0 Å². The molecule has 49 valence electrons. The molecule has 1 aliphatic carbocycles. The van der Waals surface area contributed by atoms with Crippen LogP contribution in [0.4, 0.5) is 0 Å². The van der Waals surface area contributed by atoms with E-state index >= 15 is 0 Å². The average molecular weight is 210 g/mol. The number of hydrogen-bond donors (Lipinski definition) is 0. The maximum atomic E-state index is 10.6. The molecule has 0 saturated heterocycles. The van der Waals surface area contributed by atoms with E-state index in [1.165, 1.54) is 12.2 Å². The minimum Gasteiger partial charge on any atom is -0.366 e. The topological polar surface area (TPSA) is 34.1 Å². The number of ketones is 2. The minimum absolute atomic E-state index is 0. The summed E-state index contributed by atoms with van der Waals surface area (Å²) in [7, 11) is 0. The van der Waals surface area contributed by atoms with Crippen LogP contribution in [0.5, 0.6) is 0 Å². The SMILES string of the molecule is CC1=[C-]C(=O)C=CC1=O.[Y]. The van der Waals surface area contributed by atoms with Crippen molar-refractivity contribution in [2.24, 2.45) is 0 Å². The van der Waals surface area contributed by atoms with E-state index in [1.807, 2.05) is 0 Å². The van der Waals surface area contributed by atoms with Crippen molar-refractivity contribution in [3.63, 3.8) is 0 Å². The summed E-state index contributed by atoms with van der Waals surface area (Å²) in [5.74, 6) is -0.360. The van der Waals surface area contributed by atoms with Crippen molar-refractivity contribution in [1.82, 2.24) is 0 Å². The fraction of sp³-hybridized carbons (Fsp3) is 0.143. The van der Waals surface area contributed by atoms with Crippen LogP contribution in [0.3, 0.4) is 0 Å². The number of carbonyl (C=O) groups is 2. The predicted octanol–water partition coefficient (Wildman–Crippen LogP) is 0.441. The van der Waals surface area contributed by atoms with Crippen molar-refractivity contribution in [2.75, 3.05) is 0 Å². The van der Waals surface area contributed by atoms with Gasteiger partial charge in [-0.05, 0) is 0 Å². The molecule has 0 aromatic carbocycles. The molecule has 0 heterocycles. The summed E-state index contributed by atoms with van der Waals surface area (Å²) in [4.78, 5) is 21.0. The van der Waals surface area contributed by atoms with E-state index in [9.17, 15) is 9.59 Å². The molecular formula is C7H5O2Y-. The molecule has 0 fully saturated rings. The summed E-state index contributed by atoms with van der Waals surface area (Å²) in [5, 5.41) is 0. The van der Waals surface area contributed by atoms with Gasteiger partial charge in [0, 0.05) is 32.7 Å². The van der Waals surface area contributed by atoms with Crippen LogP contribution >= 0.6 is 0 Å². The molecule has 0 saturated carbocycles. The van der Waals surface area contributed by atoms with Crippen LogP contribution in [0.1, 0.15) is 6.92 Å². The average Bonchev–Trinajstić information content (AvgIpc) is 1.80. The molecule has 1 rings (SSSR count). The molecule has 0 amide bonds. The molecule has 0 aromatic heterocycles. The number of hydrogen-bond acceptors (Lipinski definition) is 2. The quantitative estimate of drug-likeness (QED) is 0.429. The van der Waals surface area contributed by atoms with Crippen LogP contribution < -0.4 is 0 Å². The van der Waals surface area contributed by atoms with Gasteiger partial charge in [0.25, 0.3) is 0 Å². The van der Waals surface area contributed by atoms with E-state index in [0.29, 0.717) is 5.57 Å². The number of carbonyl (C=O) groups excluding carboxylic acids is 2. The minimum atomic E-state index is -0.230. The van der Waals surface area contributed by atoms with Crippen molar-refractivity contribution in [3.8, 4) is 0 Å². The van der Waals surface area contributed by atoms with Crippen molar-refractivity contribution in [2.45, 2.75) is 6.92 Å². The molecule has 0 aromatic rings. The Hall–Kier alpha value is -0.0761. The zero-order chi connectivity index (χ0) is 6.85. The van der Waals surface area contributed by atoms with Gasteiger partial charge in [0.1, 0.15) is 0 Å². The molecule has 1 radical (unpaired) electrons. The molecule has 0 bridgehead atoms. The van der Waals surface area contributed by atoms with Crippen LogP contribution in [0.15, 0.2) is 17.7 Å². The molecule has 0 N–H and O–H groups in total. The van der Waals surface area contributed by atoms with Gasteiger partial charge in [0.05, 0.1) is 11.6 Å². The zero-order valence-corrected chi connectivity index (χ0v) is 8.39. The fourth-order valence-electron chi connectivity index (χ4n) is 0.564. The van der Waals surface area contributed by atoms with E-state index in [2.05, 4.69) is 6.08 Å². The maximum absolute atomic E-state index is 10.6. The molecule has 0 unspecified atom stereocenters. The Morgan fingerprint density at radius 2 is 1.90 bits per heavy atom. The van der Waals surface area contributed by atoms with Gasteiger partial charge in [-0.2, -0.15) is 0 Å². The van der Waals surface area contributed by atoms with Gasteiger partial charge < -0.3 is 9.59 Å². The fourth-order valence-corrected chi connectivity index (χ4v) is 0.564. The summed E-state index contributed by atoms with van der Waals surface area (Å²) >= 11 is 0. The Morgan fingerprint density at radius 1 is 1.30 bits per heavy atom. The van der Waals surface area contributed by atoms with Crippen LogP contribution in [-0.4, -0.2) is 11.6 Å². The van der Waals surface area contributed by atoms with Gasteiger partial charge >= 0.3 is 0 Å². The molecule has 2 nitrogen and oxygen atoms in total. The molecule has 3 heteroatoms. The zero-order valence-electron chi connectivity index (χ0n) is 5.55. The smallest absolute Gasteiger partial charge is 0.0679 e. The van der Waals surface area contributed by atoms with Gasteiger partial charge in [-0.15, -0.1) is 23.8 Å². The van der Waals surface area contributed by atoms with Crippen molar-refractivity contribution >= 4 is 11.6 Å². The second kappa shape index (κ2) is 3.94. The monoisotopic (exact) mass is 210 g/mol. The predicted molar refractivity (Wildman–Crippen MR) is 31.6 cm³/mol. The largest absolute Gasteiger partial charge is 0.366 e. The van der Waals surface area contributed by atoms with Gasteiger partial charge in [-0.25, -0.2) is 0 Å². The van der Waals surface area contributed by atoms with E-state index in [1.54, 1.807) is 6.92 Å². The summed E-state index contributed by atoms with van der Waals surface area (Å²) in [6.07, 6.45) is 4.85. The van der Waals surface area contributed by atoms with Crippen LogP contribution in [0, 0.1) is 6.08 Å². The van der Waals surface area contributed by atoms with Crippen LogP contribution in [-0.2, 0) is 42.3 Å². The van der Waals surface area contributed by atoms with Gasteiger partial charge in [-0.1, -0.05) is 6.92 Å². The van der Waals surface area contributed by atoms with Gasteiger partial charge in [0.15, 0.2) is 0 Å². The van der Waals surface area contributed by atoms with Crippen molar-refractivity contribution in [3.05, 3.63) is 23.8 Å². The molecule has 1 aliphatic rings. The summed E-state index contributed by atoms with van der Waals surface area (Å²) < 4.78 is 0. The van der Waals surface area contributed by atoms with E-state index in [0.717, 1.165) is 0 Å². The second-order valence-electron chi connectivity index (χ2n) is 1.81. The molecular weight excluding hydrogens is 205 g/mol. The summed E-state index contributed by atoms with van der Waals surface area (Å²) in [6, 6.07) is 0. The number of rotatable bonds is 0. The molecule has 0 spiro atoms.